The normalized spacial score (nSPS) is 17.7. The first-order chi connectivity index (χ1) is 9.61. The van der Waals surface area contributed by atoms with Gasteiger partial charge < -0.3 is 14.6 Å². The minimum atomic E-state index is -0.782. The summed E-state index contributed by atoms with van der Waals surface area (Å²) in [5, 5.41) is 9.16. The molecule has 1 atom stereocenters. The molecule has 1 N–H and O–H groups in total. The number of nitrogens with zero attached hydrogens (tertiary/aromatic N) is 1. The monoisotopic (exact) mass is 279 g/mol. The molecule has 1 heterocycles. The zero-order valence-electron chi connectivity index (χ0n) is 12.0. The highest BCUT2D eigenvalue weighted by atomic mass is 16.5. The molecule has 5 nitrogen and oxygen atoms in total. The molecular formula is C15H21NO4. The van der Waals surface area contributed by atoms with Crippen LogP contribution >= 0.6 is 0 Å². The lowest BCUT2D eigenvalue weighted by atomic mass is 9.99. The lowest BCUT2D eigenvalue weighted by Gasteiger charge is -2.34. The Kier molecular flexibility index (Phi) is 4.98. The van der Waals surface area contributed by atoms with E-state index in [-0.39, 0.29) is 12.5 Å². The Balaban J connectivity index is 2.25. The van der Waals surface area contributed by atoms with Crippen LogP contribution in [0.5, 0.6) is 5.75 Å². The minimum absolute atomic E-state index is 0.103. The number of methoxy groups -OCH3 is 1. The topological polar surface area (TPSA) is 59.0 Å². The first kappa shape index (κ1) is 14.8. The summed E-state index contributed by atoms with van der Waals surface area (Å²) in [4.78, 5) is 13.3. The number of ether oxygens (including phenoxy) is 2. The lowest BCUT2D eigenvalue weighted by Crippen LogP contribution is -2.39. The van der Waals surface area contributed by atoms with Gasteiger partial charge in [0.15, 0.2) is 0 Å². The van der Waals surface area contributed by atoms with Gasteiger partial charge in [-0.3, -0.25) is 9.69 Å². The van der Waals surface area contributed by atoms with Crippen molar-refractivity contribution < 1.29 is 19.4 Å². The maximum atomic E-state index is 11.2. The second-order valence-electron chi connectivity index (χ2n) is 4.99. The maximum Gasteiger partial charge on any atom is 0.305 e. The van der Waals surface area contributed by atoms with Gasteiger partial charge in [-0.25, -0.2) is 0 Å². The van der Waals surface area contributed by atoms with Crippen LogP contribution in [0.3, 0.4) is 0 Å². The Morgan fingerprint density at radius 1 is 1.45 bits per heavy atom. The third-order valence-corrected chi connectivity index (χ3v) is 3.66. The Labute approximate surface area is 119 Å². The number of rotatable bonds is 5. The van der Waals surface area contributed by atoms with Crippen molar-refractivity contribution in [3.8, 4) is 5.75 Å². The number of aliphatic carboxylic acids is 1. The number of benzene rings is 1. The molecule has 1 aliphatic heterocycles. The van der Waals surface area contributed by atoms with Crippen molar-refractivity contribution in [3.05, 3.63) is 29.3 Å². The van der Waals surface area contributed by atoms with Gasteiger partial charge in [0.2, 0.25) is 0 Å². The van der Waals surface area contributed by atoms with Gasteiger partial charge in [-0.05, 0) is 24.1 Å². The van der Waals surface area contributed by atoms with Crippen LogP contribution in [0.25, 0.3) is 0 Å². The zero-order valence-corrected chi connectivity index (χ0v) is 12.0. The molecule has 1 fully saturated rings. The van der Waals surface area contributed by atoms with Crippen LogP contribution in [0.2, 0.25) is 0 Å². The van der Waals surface area contributed by atoms with E-state index in [1.54, 1.807) is 7.11 Å². The standard InChI is InChI=1S/C15H21NO4/c1-11-9-12(3-4-14(11)19-2)13(10-15(17)18)16-5-7-20-8-6-16/h3-4,9,13H,5-8,10H2,1-2H3,(H,17,18). The number of carboxylic acid groups (broad SMARTS) is 1. The number of carboxylic acids is 1. The third-order valence-electron chi connectivity index (χ3n) is 3.66. The van der Waals surface area contributed by atoms with Crippen LogP contribution in [-0.2, 0) is 9.53 Å². The molecule has 0 saturated carbocycles. The van der Waals surface area contributed by atoms with Crippen LogP contribution < -0.4 is 4.74 Å². The summed E-state index contributed by atoms with van der Waals surface area (Å²) in [6.07, 6.45) is 0.103. The predicted octanol–water partition coefficient (Wildman–Crippen LogP) is 1.85. The molecule has 0 aliphatic carbocycles. The Morgan fingerprint density at radius 3 is 2.70 bits per heavy atom. The molecule has 5 heteroatoms. The van der Waals surface area contributed by atoms with Crippen molar-refractivity contribution in [3.63, 3.8) is 0 Å². The van der Waals surface area contributed by atoms with Crippen molar-refractivity contribution >= 4 is 5.97 Å². The van der Waals surface area contributed by atoms with Gasteiger partial charge >= 0.3 is 5.97 Å². The highest BCUT2D eigenvalue weighted by molar-refractivity contribution is 5.68. The summed E-state index contributed by atoms with van der Waals surface area (Å²) >= 11 is 0. The molecule has 0 aromatic heterocycles. The van der Waals surface area contributed by atoms with Gasteiger partial charge in [0.25, 0.3) is 0 Å². The van der Waals surface area contributed by atoms with Crippen molar-refractivity contribution in [2.45, 2.75) is 19.4 Å². The third kappa shape index (κ3) is 3.49. The van der Waals surface area contributed by atoms with Gasteiger partial charge in [0, 0.05) is 19.1 Å². The van der Waals surface area contributed by atoms with Crippen LogP contribution in [0, 0.1) is 6.92 Å². The molecule has 1 unspecified atom stereocenters. The van der Waals surface area contributed by atoms with E-state index in [0.717, 1.165) is 30.0 Å². The van der Waals surface area contributed by atoms with Gasteiger partial charge in [-0.1, -0.05) is 12.1 Å². The molecule has 2 rings (SSSR count). The molecule has 20 heavy (non-hydrogen) atoms. The summed E-state index contributed by atoms with van der Waals surface area (Å²) in [6.45, 7) is 4.82. The zero-order chi connectivity index (χ0) is 14.5. The van der Waals surface area contributed by atoms with Gasteiger partial charge in [0.1, 0.15) is 5.75 Å². The van der Waals surface area contributed by atoms with E-state index in [2.05, 4.69) is 4.90 Å². The molecule has 1 aromatic carbocycles. The summed E-state index contributed by atoms with van der Waals surface area (Å²) in [5.41, 5.74) is 2.04. The van der Waals surface area contributed by atoms with E-state index < -0.39 is 5.97 Å². The fraction of sp³-hybridized carbons (Fsp3) is 0.533. The highest BCUT2D eigenvalue weighted by Gasteiger charge is 2.25. The summed E-state index contributed by atoms with van der Waals surface area (Å²) < 4.78 is 10.6. The molecule has 0 bridgehead atoms. The predicted molar refractivity (Wildman–Crippen MR) is 75.1 cm³/mol. The summed E-state index contributed by atoms with van der Waals surface area (Å²) in [6, 6.07) is 5.76. The van der Waals surface area contributed by atoms with Gasteiger partial charge in [-0.15, -0.1) is 0 Å². The van der Waals surface area contributed by atoms with Crippen LogP contribution in [0.15, 0.2) is 18.2 Å². The second-order valence-corrected chi connectivity index (χ2v) is 4.99. The van der Waals surface area contributed by atoms with Crippen molar-refractivity contribution in [1.29, 1.82) is 0 Å². The Morgan fingerprint density at radius 2 is 2.15 bits per heavy atom. The number of carbonyl (C=O) groups is 1. The number of hydrogen-bond donors (Lipinski definition) is 1. The van der Waals surface area contributed by atoms with E-state index in [9.17, 15) is 4.79 Å². The first-order valence-electron chi connectivity index (χ1n) is 6.80. The smallest absolute Gasteiger partial charge is 0.305 e. The molecule has 1 aliphatic rings. The van der Waals surface area contributed by atoms with Crippen molar-refractivity contribution in [1.82, 2.24) is 4.90 Å². The van der Waals surface area contributed by atoms with E-state index in [0.29, 0.717) is 13.2 Å². The molecule has 1 aromatic rings. The maximum absolute atomic E-state index is 11.2. The number of hydrogen-bond acceptors (Lipinski definition) is 4. The Hall–Kier alpha value is -1.59. The lowest BCUT2D eigenvalue weighted by molar-refractivity contribution is -0.139. The molecule has 1 saturated heterocycles. The largest absolute Gasteiger partial charge is 0.496 e. The second kappa shape index (κ2) is 6.72. The van der Waals surface area contributed by atoms with Gasteiger partial charge in [-0.2, -0.15) is 0 Å². The van der Waals surface area contributed by atoms with Crippen LogP contribution in [-0.4, -0.2) is 49.4 Å². The number of aryl methyl sites for hydroxylation is 1. The average Bonchev–Trinajstić information content (AvgIpc) is 2.45. The molecule has 0 amide bonds. The molecular weight excluding hydrogens is 258 g/mol. The number of morpholine rings is 1. The van der Waals surface area contributed by atoms with E-state index in [1.165, 1.54) is 0 Å². The minimum Gasteiger partial charge on any atom is -0.496 e. The molecule has 0 radical (unpaired) electrons. The van der Waals surface area contributed by atoms with E-state index in [4.69, 9.17) is 14.6 Å². The molecule has 110 valence electrons. The Bertz CT molecular complexity index is 469. The van der Waals surface area contributed by atoms with Crippen molar-refractivity contribution in [2.75, 3.05) is 33.4 Å². The quantitative estimate of drug-likeness (QED) is 0.891. The molecule has 0 spiro atoms. The summed E-state index contributed by atoms with van der Waals surface area (Å²) in [7, 11) is 1.64. The summed E-state index contributed by atoms with van der Waals surface area (Å²) in [5.74, 6) is 0.0414. The van der Waals surface area contributed by atoms with Crippen LogP contribution in [0.1, 0.15) is 23.6 Å². The van der Waals surface area contributed by atoms with E-state index in [1.807, 2.05) is 25.1 Å². The SMILES string of the molecule is COc1ccc(C(CC(=O)O)N2CCOCC2)cc1C. The first-order valence-corrected chi connectivity index (χ1v) is 6.80. The highest BCUT2D eigenvalue weighted by Crippen LogP contribution is 2.29. The van der Waals surface area contributed by atoms with E-state index >= 15 is 0 Å². The van der Waals surface area contributed by atoms with Crippen molar-refractivity contribution in [2.24, 2.45) is 0 Å². The van der Waals surface area contributed by atoms with Gasteiger partial charge in [0.05, 0.1) is 26.7 Å². The fourth-order valence-electron chi connectivity index (χ4n) is 2.62. The average molecular weight is 279 g/mol. The van der Waals surface area contributed by atoms with Crippen LogP contribution in [0.4, 0.5) is 0 Å². The fourth-order valence-corrected chi connectivity index (χ4v) is 2.62.